The molecule has 0 saturated heterocycles. The first-order valence-electron chi connectivity index (χ1n) is 8.65. The molecule has 130 valence electrons. The lowest BCUT2D eigenvalue weighted by Gasteiger charge is -2.23. The number of rotatable bonds is 8. The number of tetrazole rings is 1. The molecule has 1 aromatic heterocycles. The Balaban J connectivity index is 1.59. The van der Waals surface area contributed by atoms with Crippen molar-refractivity contribution in [1.29, 1.82) is 0 Å². The molecule has 0 aliphatic heterocycles. The molecular formula is C15H27N5O2S. The van der Waals surface area contributed by atoms with Gasteiger partial charge in [0.1, 0.15) is 9.84 Å². The van der Waals surface area contributed by atoms with Crippen LogP contribution >= 0.6 is 0 Å². The van der Waals surface area contributed by atoms with E-state index in [1.165, 1.54) is 31.9 Å². The Morgan fingerprint density at radius 2 is 2.13 bits per heavy atom. The summed E-state index contributed by atoms with van der Waals surface area (Å²) in [6, 6.07) is 0. The van der Waals surface area contributed by atoms with Gasteiger partial charge in [0.15, 0.2) is 0 Å². The third-order valence-electron chi connectivity index (χ3n) is 5.51. The summed E-state index contributed by atoms with van der Waals surface area (Å²) in [6.45, 7) is 3.96. The third kappa shape index (κ3) is 4.02. The smallest absolute Gasteiger partial charge is 0.245 e. The van der Waals surface area contributed by atoms with E-state index < -0.39 is 9.84 Å². The van der Waals surface area contributed by atoms with E-state index in [9.17, 15) is 8.42 Å². The zero-order valence-corrected chi connectivity index (χ0v) is 14.9. The molecule has 2 aliphatic carbocycles. The fourth-order valence-electron chi connectivity index (χ4n) is 4.26. The highest BCUT2D eigenvalue weighted by Gasteiger charge is 2.39. The molecule has 2 fully saturated rings. The molecule has 3 rings (SSSR count). The highest BCUT2D eigenvalue weighted by atomic mass is 32.2. The minimum atomic E-state index is -2.98. The van der Waals surface area contributed by atoms with Gasteiger partial charge in [0.25, 0.3) is 0 Å². The van der Waals surface area contributed by atoms with Crippen LogP contribution in [0.4, 0.5) is 5.95 Å². The van der Waals surface area contributed by atoms with Gasteiger partial charge in [-0.25, -0.2) is 13.1 Å². The van der Waals surface area contributed by atoms with Crippen molar-refractivity contribution in [3.05, 3.63) is 0 Å². The first kappa shape index (κ1) is 16.7. The van der Waals surface area contributed by atoms with Gasteiger partial charge >= 0.3 is 0 Å². The van der Waals surface area contributed by atoms with Crippen LogP contribution in [0.25, 0.3) is 0 Å². The molecule has 3 unspecified atom stereocenters. The second-order valence-electron chi connectivity index (χ2n) is 7.14. The summed E-state index contributed by atoms with van der Waals surface area (Å²) in [6.07, 6.45) is 8.00. The molecule has 8 heteroatoms. The summed E-state index contributed by atoms with van der Waals surface area (Å²) in [7, 11) is -2.98. The molecule has 2 aliphatic rings. The van der Waals surface area contributed by atoms with Crippen LogP contribution in [0.2, 0.25) is 0 Å². The molecule has 23 heavy (non-hydrogen) atoms. The van der Waals surface area contributed by atoms with Crippen LogP contribution in [-0.2, 0) is 16.4 Å². The quantitative estimate of drug-likeness (QED) is 0.710. The van der Waals surface area contributed by atoms with Crippen LogP contribution in [0.15, 0.2) is 0 Å². The van der Waals surface area contributed by atoms with Crippen LogP contribution in [0.1, 0.15) is 39.0 Å². The van der Waals surface area contributed by atoms with Gasteiger partial charge in [-0.3, -0.25) is 0 Å². The monoisotopic (exact) mass is 341 g/mol. The summed E-state index contributed by atoms with van der Waals surface area (Å²) in [5.41, 5.74) is 0. The molecule has 1 aromatic rings. The van der Waals surface area contributed by atoms with Crippen LogP contribution in [0.5, 0.6) is 0 Å². The number of nitrogens with zero attached hydrogens (tertiary/aromatic N) is 5. The van der Waals surface area contributed by atoms with Crippen molar-refractivity contribution >= 4 is 15.8 Å². The minimum absolute atomic E-state index is 0.125. The van der Waals surface area contributed by atoms with Gasteiger partial charge in [0.2, 0.25) is 5.95 Å². The molecule has 3 atom stereocenters. The van der Waals surface area contributed by atoms with Crippen molar-refractivity contribution in [2.45, 2.75) is 45.6 Å². The zero-order valence-electron chi connectivity index (χ0n) is 14.1. The fraction of sp³-hybridized carbons (Fsp3) is 0.933. The topological polar surface area (TPSA) is 81.0 Å². The maximum atomic E-state index is 11.4. The van der Waals surface area contributed by atoms with Crippen LogP contribution in [0, 0.1) is 17.8 Å². The molecule has 0 aromatic carbocycles. The number of hydrogen-bond donors (Lipinski definition) is 0. The van der Waals surface area contributed by atoms with Crippen molar-refractivity contribution in [3.8, 4) is 0 Å². The van der Waals surface area contributed by atoms with Gasteiger partial charge in [0, 0.05) is 25.9 Å². The Bertz CT molecular complexity index is 630. The average Bonchev–Trinajstić information content (AvgIpc) is 3.21. The zero-order chi connectivity index (χ0) is 16.4. The standard InChI is InChI=1S/C15H27N5O2S/c1-3-19(8-9-23(2,21)22)15-16-17-18-20(15)7-6-14-11-12-4-5-13(14)10-12/h12-14H,3-11H2,1-2H3. The fourth-order valence-corrected chi connectivity index (χ4v) is 4.82. The van der Waals surface area contributed by atoms with Gasteiger partial charge < -0.3 is 4.90 Å². The van der Waals surface area contributed by atoms with Crippen LogP contribution in [-0.4, -0.2) is 53.7 Å². The summed E-state index contributed by atoms with van der Waals surface area (Å²) in [4.78, 5) is 1.95. The Kier molecular flexibility index (Phi) is 4.89. The SMILES string of the molecule is CCN(CCS(C)(=O)=O)c1nnnn1CCC1CC2CCC1C2. The lowest BCUT2D eigenvalue weighted by atomic mass is 9.86. The third-order valence-corrected chi connectivity index (χ3v) is 6.43. The van der Waals surface area contributed by atoms with Crippen molar-refractivity contribution < 1.29 is 8.42 Å². The average molecular weight is 341 g/mol. The molecule has 0 amide bonds. The Labute approximate surface area is 138 Å². The number of sulfone groups is 1. The summed E-state index contributed by atoms with van der Waals surface area (Å²) < 4.78 is 24.6. The minimum Gasteiger partial charge on any atom is -0.339 e. The number of fused-ring (bicyclic) bond motifs is 2. The first-order chi connectivity index (χ1) is 11.0. The van der Waals surface area contributed by atoms with E-state index in [1.807, 2.05) is 16.5 Å². The lowest BCUT2D eigenvalue weighted by molar-refractivity contribution is 0.295. The molecule has 7 nitrogen and oxygen atoms in total. The number of aryl methyl sites for hydroxylation is 1. The summed E-state index contributed by atoms with van der Waals surface area (Å²) in [5, 5.41) is 12.0. The summed E-state index contributed by atoms with van der Waals surface area (Å²) >= 11 is 0. The molecule has 2 saturated carbocycles. The Morgan fingerprint density at radius 3 is 2.74 bits per heavy atom. The Hall–Kier alpha value is -1.18. The maximum Gasteiger partial charge on any atom is 0.245 e. The van der Waals surface area contributed by atoms with Crippen LogP contribution < -0.4 is 4.90 Å². The molecule has 0 radical (unpaired) electrons. The van der Waals surface area contributed by atoms with E-state index in [-0.39, 0.29) is 5.75 Å². The van der Waals surface area contributed by atoms with Crippen molar-refractivity contribution in [2.75, 3.05) is 30.0 Å². The molecule has 1 heterocycles. The van der Waals surface area contributed by atoms with Crippen molar-refractivity contribution in [3.63, 3.8) is 0 Å². The Morgan fingerprint density at radius 1 is 1.30 bits per heavy atom. The number of aromatic nitrogens is 4. The van der Waals surface area contributed by atoms with Gasteiger partial charge in [0.05, 0.1) is 5.75 Å². The van der Waals surface area contributed by atoms with E-state index in [0.717, 1.165) is 30.7 Å². The van der Waals surface area contributed by atoms with Gasteiger partial charge in [-0.05, 0) is 60.8 Å². The van der Waals surface area contributed by atoms with E-state index in [1.54, 1.807) is 0 Å². The molecule has 2 bridgehead atoms. The van der Waals surface area contributed by atoms with E-state index >= 15 is 0 Å². The van der Waals surface area contributed by atoms with E-state index in [2.05, 4.69) is 15.5 Å². The van der Waals surface area contributed by atoms with Crippen LogP contribution in [0.3, 0.4) is 0 Å². The molecule has 0 spiro atoms. The number of anilines is 1. The highest BCUT2D eigenvalue weighted by Crippen LogP contribution is 2.49. The van der Waals surface area contributed by atoms with Crippen molar-refractivity contribution in [1.82, 2.24) is 20.2 Å². The molecule has 0 N–H and O–H groups in total. The van der Waals surface area contributed by atoms with Gasteiger partial charge in [-0.2, -0.15) is 0 Å². The van der Waals surface area contributed by atoms with E-state index in [4.69, 9.17) is 0 Å². The van der Waals surface area contributed by atoms with Crippen molar-refractivity contribution in [2.24, 2.45) is 17.8 Å². The number of hydrogen-bond acceptors (Lipinski definition) is 6. The normalized spacial score (nSPS) is 26.8. The maximum absolute atomic E-state index is 11.4. The van der Waals surface area contributed by atoms with E-state index in [0.29, 0.717) is 19.0 Å². The molecular weight excluding hydrogens is 314 g/mol. The van der Waals surface area contributed by atoms with Gasteiger partial charge in [-0.15, -0.1) is 0 Å². The largest absolute Gasteiger partial charge is 0.339 e. The lowest BCUT2D eigenvalue weighted by Crippen LogP contribution is -2.31. The summed E-state index contributed by atoms with van der Waals surface area (Å²) in [5.74, 6) is 3.50. The highest BCUT2D eigenvalue weighted by molar-refractivity contribution is 7.90. The predicted molar refractivity (Wildman–Crippen MR) is 89.0 cm³/mol. The second-order valence-corrected chi connectivity index (χ2v) is 9.39. The van der Waals surface area contributed by atoms with Gasteiger partial charge in [-0.1, -0.05) is 11.5 Å². The second kappa shape index (κ2) is 6.75. The predicted octanol–water partition coefficient (Wildman–Crippen LogP) is 1.37. The first-order valence-corrected chi connectivity index (χ1v) is 10.7.